The third-order valence-corrected chi connectivity index (χ3v) is 6.00. The standard InChI is InChI=1S/C21H30N6O2/c1-17(29-20-9-7-19(8-10-20)27-16-22-23-24-27)21(28)26-14-3-2-6-18(26)11-15-25-12-4-5-13-25/h7-10,16-18H,2-6,11-15H2,1H3/t17-,18+/m1/s1. The van der Waals surface area contributed by atoms with E-state index in [2.05, 4.69) is 25.3 Å². The van der Waals surface area contributed by atoms with Gasteiger partial charge in [0.2, 0.25) is 0 Å². The minimum Gasteiger partial charge on any atom is -0.481 e. The number of carbonyl (C=O) groups is 1. The van der Waals surface area contributed by atoms with E-state index >= 15 is 0 Å². The van der Waals surface area contributed by atoms with Gasteiger partial charge in [0.25, 0.3) is 5.91 Å². The highest BCUT2D eigenvalue weighted by Crippen LogP contribution is 2.23. The Labute approximate surface area is 171 Å². The highest BCUT2D eigenvalue weighted by Gasteiger charge is 2.31. The van der Waals surface area contributed by atoms with Crippen molar-refractivity contribution in [1.82, 2.24) is 30.0 Å². The van der Waals surface area contributed by atoms with Gasteiger partial charge in [-0.3, -0.25) is 4.79 Å². The number of likely N-dealkylation sites (tertiary alicyclic amines) is 2. The van der Waals surface area contributed by atoms with E-state index in [0.29, 0.717) is 11.8 Å². The van der Waals surface area contributed by atoms with Crippen LogP contribution in [0.2, 0.25) is 0 Å². The number of benzene rings is 1. The summed E-state index contributed by atoms with van der Waals surface area (Å²) < 4.78 is 7.55. The first-order valence-electron chi connectivity index (χ1n) is 10.7. The Hall–Kier alpha value is -2.48. The van der Waals surface area contributed by atoms with Crippen molar-refractivity contribution in [2.24, 2.45) is 0 Å². The Kier molecular flexibility index (Phi) is 6.39. The fourth-order valence-electron chi connectivity index (χ4n) is 4.37. The molecular formula is C21H30N6O2. The second-order valence-electron chi connectivity index (χ2n) is 8.03. The number of rotatable bonds is 7. The topological polar surface area (TPSA) is 76.4 Å². The van der Waals surface area contributed by atoms with Gasteiger partial charge in [0.15, 0.2) is 6.10 Å². The Bertz CT molecular complexity index is 773. The van der Waals surface area contributed by atoms with Gasteiger partial charge >= 0.3 is 0 Å². The van der Waals surface area contributed by atoms with Crippen molar-refractivity contribution in [3.63, 3.8) is 0 Å². The van der Waals surface area contributed by atoms with Crippen molar-refractivity contribution < 1.29 is 9.53 Å². The molecule has 2 aliphatic rings. The number of piperidine rings is 1. The summed E-state index contributed by atoms with van der Waals surface area (Å²) in [6, 6.07) is 7.79. The Balaban J connectivity index is 1.34. The van der Waals surface area contributed by atoms with Crippen LogP contribution < -0.4 is 4.74 Å². The lowest BCUT2D eigenvalue weighted by atomic mass is 9.98. The third kappa shape index (κ3) is 4.93. The molecule has 2 fully saturated rings. The highest BCUT2D eigenvalue weighted by molar-refractivity contribution is 5.81. The van der Waals surface area contributed by atoms with E-state index in [1.807, 2.05) is 31.2 Å². The zero-order valence-corrected chi connectivity index (χ0v) is 17.1. The first-order valence-corrected chi connectivity index (χ1v) is 10.7. The number of amides is 1. The molecule has 2 aliphatic heterocycles. The molecule has 29 heavy (non-hydrogen) atoms. The number of aromatic nitrogens is 4. The largest absolute Gasteiger partial charge is 0.481 e. The van der Waals surface area contributed by atoms with Gasteiger partial charge < -0.3 is 14.5 Å². The zero-order valence-electron chi connectivity index (χ0n) is 17.1. The molecule has 0 unspecified atom stereocenters. The van der Waals surface area contributed by atoms with Gasteiger partial charge in [-0.2, -0.15) is 0 Å². The van der Waals surface area contributed by atoms with Crippen LogP contribution in [-0.2, 0) is 4.79 Å². The van der Waals surface area contributed by atoms with E-state index in [9.17, 15) is 4.79 Å². The first kappa shape index (κ1) is 19.8. The van der Waals surface area contributed by atoms with Crippen LogP contribution in [0.1, 0.15) is 45.4 Å². The molecule has 3 heterocycles. The second-order valence-corrected chi connectivity index (χ2v) is 8.03. The van der Waals surface area contributed by atoms with Crippen LogP contribution in [0.4, 0.5) is 0 Å². The highest BCUT2D eigenvalue weighted by atomic mass is 16.5. The molecule has 1 aromatic heterocycles. The predicted molar refractivity (Wildman–Crippen MR) is 109 cm³/mol. The summed E-state index contributed by atoms with van der Waals surface area (Å²) in [5.41, 5.74) is 0.847. The Morgan fingerprint density at radius 2 is 1.90 bits per heavy atom. The molecule has 0 bridgehead atoms. The molecule has 4 rings (SSSR count). The summed E-state index contributed by atoms with van der Waals surface area (Å²) >= 11 is 0. The van der Waals surface area contributed by atoms with Gasteiger partial charge in [-0.15, -0.1) is 5.10 Å². The molecule has 0 N–H and O–H groups in total. The minimum absolute atomic E-state index is 0.0978. The molecule has 1 amide bonds. The van der Waals surface area contributed by atoms with Crippen molar-refractivity contribution in [2.75, 3.05) is 26.2 Å². The molecule has 0 spiro atoms. The van der Waals surface area contributed by atoms with Crippen molar-refractivity contribution in [3.8, 4) is 11.4 Å². The Morgan fingerprint density at radius 3 is 2.62 bits per heavy atom. The molecule has 0 radical (unpaired) electrons. The van der Waals surface area contributed by atoms with Crippen LogP contribution in [0, 0.1) is 0 Å². The van der Waals surface area contributed by atoms with Gasteiger partial charge in [0.05, 0.1) is 5.69 Å². The fourth-order valence-corrected chi connectivity index (χ4v) is 4.37. The lowest BCUT2D eigenvalue weighted by Gasteiger charge is -2.38. The minimum atomic E-state index is -0.499. The van der Waals surface area contributed by atoms with Gasteiger partial charge in [-0.1, -0.05) is 0 Å². The summed E-state index contributed by atoms with van der Waals surface area (Å²) in [6.45, 7) is 6.21. The maximum atomic E-state index is 13.1. The third-order valence-electron chi connectivity index (χ3n) is 6.00. The maximum Gasteiger partial charge on any atom is 0.263 e. The van der Waals surface area contributed by atoms with E-state index in [4.69, 9.17) is 4.74 Å². The molecule has 2 atom stereocenters. The van der Waals surface area contributed by atoms with Crippen LogP contribution in [0.15, 0.2) is 30.6 Å². The molecule has 156 valence electrons. The van der Waals surface area contributed by atoms with Crippen LogP contribution >= 0.6 is 0 Å². The molecule has 8 heteroatoms. The van der Waals surface area contributed by atoms with Crippen LogP contribution in [0.25, 0.3) is 5.69 Å². The van der Waals surface area contributed by atoms with Gasteiger partial charge in [0.1, 0.15) is 12.1 Å². The van der Waals surface area contributed by atoms with Gasteiger partial charge in [-0.05, 0) is 93.2 Å². The fraction of sp³-hybridized carbons (Fsp3) is 0.619. The number of hydrogen-bond donors (Lipinski definition) is 0. The molecule has 0 saturated carbocycles. The summed E-state index contributed by atoms with van der Waals surface area (Å²) in [6.07, 6.45) is 8.13. The molecule has 8 nitrogen and oxygen atoms in total. The predicted octanol–water partition coefficient (Wildman–Crippen LogP) is 2.30. The lowest BCUT2D eigenvalue weighted by Crippen LogP contribution is -2.49. The first-order chi connectivity index (χ1) is 14.2. The molecule has 2 aromatic rings. The van der Waals surface area contributed by atoms with Crippen molar-refractivity contribution in [1.29, 1.82) is 0 Å². The monoisotopic (exact) mass is 398 g/mol. The van der Waals surface area contributed by atoms with E-state index in [0.717, 1.165) is 38.0 Å². The normalized spacial score (nSPS) is 21.3. The smallest absolute Gasteiger partial charge is 0.263 e. The molecular weight excluding hydrogens is 368 g/mol. The van der Waals surface area contributed by atoms with Crippen molar-refractivity contribution in [2.45, 2.75) is 57.6 Å². The Morgan fingerprint density at radius 1 is 1.14 bits per heavy atom. The molecule has 1 aromatic carbocycles. The average molecular weight is 399 g/mol. The number of nitrogens with zero attached hydrogens (tertiary/aromatic N) is 6. The summed E-state index contributed by atoms with van der Waals surface area (Å²) in [5, 5.41) is 11.2. The van der Waals surface area contributed by atoms with Crippen LogP contribution in [0.3, 0.4) is 0 Å². The van der Waals surface area contributed by atoms with E-state index in [1.54, 1.807) is 11.0 Å². The second kappa shape index (κ2) is 9.35. The molecule has 2 saturated heterocycles. The van der Waals surface area contributed by atoms with Crippen LogP contribution in [-0.4, -0.2) is 74.2 Å². The van der Waals surface area contributed by atoms with Gasteiger partial charge in [-0.25, -0.2) is 4.68 Å². The number of carbonyl (C=O) groups excluding carboxylic acids is 1. The quantitative estimate of drug-likeness (QED) is 0.712. The molecule has 0 aliphatic carbocycles. The SMILES string of the molecule is C[C@@H](Oc1ccc(-n2cnnn2)cc1)C(=O)N1CCCC[C@H]1CCN1CCCC1. The van der Waals surface area contributed by atoms with Crippen LogP contribution in [0.5, 0.6) is 5.75 Å². The summed E-state index contributed by atoms with van der Waals surface area (Å²) in [5.74, 6) is 0.772. The van der Waals surface area contributed by atoms with Crippen molar-refractivity contribution >= 4 is 5.91 Å². The average Bonchev–Trinajstić information content (AvgIpc) is 3.47. The summed E-state index contributed by atoms with van der Waals surface area (Å²) in [7, 11) is 0. The maximum absolute atomic E-state index is 13.1. The van der Waals surface area contributed by atoms with Gasteiger partial charge in [0, 0.05) is 19.1 Å². The van der Waals surface area contributed by atoms with E-state index in [1.165, 1.54) is 32.4 Å². The number of ether oxygens (including phenoxy) is 1. The van der Waals surface area contributed by atoms with E-state index < -0.39 is 6.10 Å². The zero-order chi connectivity index (χ0) is 20.1. The number of hydrogen-bond acceptors (Lipinski definition) is 6. The summed E-state index contributed by atoms with van der Waals surface area (Å²) in [4.78, 5) is 17.7. The van der Waals surface area contributed by atoms with E-state index in [-0.39, 0.29) is 5.91 Å². The lowest BCUT2D eigenvalue weighted by molar-refractivity contribution is -0.142. The van der Waals surface area contributed by atoms with Crippen molar-refractivity contribution in [3.05, 3.63) is 30.6 Å². The number of tetrazole rings is 1.